The molecule has 0 aliphatic carbocycles. The molecule has 2 aromatic carbocycles. The summed E-state index contributed by atoms with van der Waals surface area (Å²) in [4.78, 5) is 4.62. The molecule has 1 heterocycles. The van der Waals surface area contributed by atoms with Gasteiger partial charge in [-0.1, -0.05) is 24.6 Å². The van der Waals surface area contributed by atoms with Crippen molar-refractivity contribution in [2.45, 2.75) is 26.3 Å². The van der Waals surface area contributed by atoms with Gasteiger partial charge in [0, 0.05) is 23.2 Å². The molecule has 6 heteroatoms. The fourth-order valence-electron chi connectivity index (χ4n) is 2.87. The molecule has 0 fully saturated rings. The number of rotatable bonds is 6. The third kappa shape index (κ3) is 4.20. The van der Waals surface area contributed by atoms with Crippen molar-refractivity contribution in [3.63, 3.8) is 0 Å². The number of phenolic OH excluding ortho intramolecular Hbond substituents is 1. The van der Waals surface area contributed by atoms with E-state index in [1.807, 2.05) is 6.92 Å². The first-order valence-corrected chi connectivity index (χ1v) is 9.41. The predicted octanol–water partition coefficient (Wildman–Crippen LogP) is 6.13. The average Bonchev–Trinajstić information content (AvgIpc) is 2.67. The third-order valence-corrected chi connectivity index (χ3v) is 4.88. The van der Waals surface area contributed by atoms with Gasteiger partial charge in [0.25, 0.3) is 0 Å². The van der Waals surface area contributed by atoms with E-state index in [0.29, 0.717) is 39.0 Å². The third-order valence-electron chi connectivity index (χ3n) is 4.56. The maximum atomic E-state index is 14.5. The van der Waals surface area contributed by atoms with Crippen LogP contribution in [0.4, 0.5) is 10.2 Å². The Labute approximate surface area is 169 Å². The summed E-state index contributed by atoms with van der Waals surface area (Å²) in [5.74, 6) is 0.722. The summed E-state index contributed by atoms with van der Waals surface area (Å²) in [6.45, 7) is 4.10. The van der Waals surface area contributed by atoms with Gasteiger partial charge >= 0.3 is 0 Å². The van der Waals surface area contributed by atoms with Crippen LogP contribution in [0.3, 0.4) is 0 Å². The van der Waals surface area contributed by atoms with E-state index >= 15 is 0 Å². The molecule has 3 rings (SSSR count). The molecule has 0 saturated carbocycles. The Bertz CT molecular complexity index is 974. The molecule has 1 unspecified atom stereocenters. The van der Waals surface area contributed by atoms with Crippen molar-refractivity contribution < 1.29 is 14.2 Å². The Morgan fingerprint density at radius 2 is 2.00 bits per heavy atom. The number of phenols is 1. The van der Waals surface area contributed by atoms with E-state index in [0.717, 1.165) is 6.42 Å². The van der Waals surface area contributed by atoms with Crippen molar-refractivity contribution >= 4 is 17.4 Å². The van der Waals surface area contributed by atoms with Gasteiger partial charge in [-0.15, -0.1) is 0 Å². The van der Waals surface area contributed by atoms with Crippen molar-refractivity contribution in [2.24, 2.45) is 0 Å². The van der Waals surface area contributed by atoms with Gasteiger partial charge in [0.15, 0.2) is 0 Å². The second kappa shape index (κ2) is 8.48. The number of hydrogen-bond acceptors (Lipinski definition) is 4. The number of methoxy groups -OCH3 is 1. The molecule has 1 atom stereocenters. The zero-order chi connectivity index (χ0) is 20.3. The lowest BCUT2D eigenvalue weighted by Gasteiger charge is -2.16. The summed E-state index contributed by atoms with van der Waals surface area (Å²) in [6.07, 6.45) is 0.898. The molecule has 1 aromatic heterocycles. The summed E-state index contributed by atoms with van der Waals surface area (Å²) in [7, 11) is 1.53. The summed E-state index contributed by atoms with van der Waals surface area (Å²) in [5.41, 5.74) is 1.90. The standard InChI is InChI=1S/C22H22ClFN2O2/c1-4-13(2)25-21-11-14(22-17(23)6-5-7-18(22)24)10-19(26-21)16-9-8-15(28-3)12-20(16)27/h5-13,27H,4H2,1-3H3,(H,25,26). The second-order valence-electron chi connectivity index (χ2n) is 6.56. The monoisotopic (exact) mass is 400 g/mol. The highest BCUT2D eigenvalue weighted by molar-refractivity contribution is 6.33. The number of nitrogens with one attached hydrogen (secondary N) is 1. The molecular weight excluding hydrogens is 379 g/mol. The van der Waals surface area contributed by atoms with Gasteiger partial charge < -0.3 is 15.2 Å². The first-order chi connectivity index (χ1) is 13.4. The molecule has 146 valence electrons. The minimum absolute atomic E-state index is 0.0260. The molecule has 2 N–H and O–H groups in total. The van der Waals surface area contributed by atoms with Crippen molar-refractivity contribution in [1.29, 1.82) is 0 Å². The summed E-state index contributed by atoms with van der Waals surface area (Å²) in [6, 6.07) is 13.2. The van der Waals surface area contributed by atoms with E-state index in [-0.39, 0.29) is 11.8 Å². The lowest BCUT2D eigenvalue weighted by molar-refractivity contribution is 0.408. The lowest BCUT2D eigenvalue weighted by atomic mass is 10.0. The van der Waals surface area contributed by atoms with Gasteiger partial charge in [0.2, 0.25) is 0 Å². The smallest absolute Gasteiger partial charge is 0.132 e. The van der Waals surface area contributed by atoms with Gasteiger partial charge in [-0.3, -0.25) is 0 Å². The molecule has 0 aliphatic rings. The number of anilines is 1. The van der Waals surface area contributed by atoms with Gasteiger partial charge in [-0.2, -0.15) is 0 Å². The Kier molecular flexibility index (Phi) is 6.05. The minimum Gasteiger partial charge on any atom is -0.507 e. The summed E-state index contributed by atoms with van der Waals surface area (Å²) >= 11 is 6.27. The van der Waals surface area contributed by atoms with Crippen LogP contribution in [-0.2, 0) is 0 Å². The van der Waals surface area contributed by atoms with Gasteiger partial charge in [0.1, 0.15) is 23.1 Å². The van der Waals surface area contributed by atoms with E-state index in [1.54, 1.807) is 36.4 Å². The van der Waals surface area contributed by atoms with E-state index in [9.17, 15) is 9.50 Å². The molecule has 0 radical (unpaired) electrons. The molecule has 0 amide bonds. The van der Waals surface area contributed by atoms with Crippen LogP contribution in [0, 0.1) is 5.82 Å². The average molecular weight is 401 g/mol. The number of aromatic nitrogens is 1. The molecule has 0 bridgehead atoms. The van der Waals surface area contributed by atoms with Crippen LogP contribution < -0.4 is 10.1 Å². The van der Waals surface area contributed by atoms with E-state index < -0.39 is 5.82 Å². The predicted molar refractivity (Wildman–Crippen MR) is 112 cm³/mol. The van der Waals surface area contributed by atoms with Crippen LogP contribution >= 0.6 is 11.6 Å². The SMILES string of the molecule is CCC(C)Nc1cc(-c2c(F)cccc2Cl)cc(-c2ccc(OC)cc2O)n1. The van der Waals surface area contributed by atoms with Crippen molar-refractivity contribution in [2.75, 3.05) is 12.4 Å². The highest BCUT2D eigenvalue weighted by atomic mass is 35.5. The Morgan fingerprint density at radius 1 is 1.21 bits per heavy atom. The summed E-state index contributed by atoms with van der Waals surface area (Å²) < 4.78 is 19.7. The normalized spacial score (nSPS) is 11.9. The van der Waals surface area contributed by atoms with Gasteiger partial charge in [-0.25, -0.2) is 9.37 Å². The number of aromatic hydroxyl groups is 1. The Hall–Kier alpha value is -2.79. The molecule has 3 aromatic rings. The van der Waals surface area contributed by atoms with Gasteiger partial charge in [-0.05, 0) is 55.3 Å². The van der Waals surface area contributed by atoms with Gasteiger partial charge in [0.05, 0.1) is 17.8 Å². The fraction of sp³-hybridized carbons (Fsp3) is 0.227. The Morgan fingerprint density at radius 3 is 2.64 bits per heavy atom. The number of nitrogens with zero attached hydrogens (tertiary/aromatic N) is 1. The number of hydrogen-bond donors (Lipinski definition) is 2. The van der Waals surface area contributed by atoms with Crippen molar-refractivity contribution in [3.8, 4) is 33.9 Å². The minimum atomic E-state index is -0.418. The number of benzene rings is 2. The second-order valence-corrected chi connectivity index (χ2v) is 6.97. The van der Waals surface area contributed by atoms with Crippen LogP contribution in [0.5, 0.6) is 11.5 Å². The van der Waals surface area contributed by atoms with Crippen LogP contribution in [0.2, 0.25) is 5.02 Å². The highest BCUT2D eigenvalue weighted by Gasteiger charge is 2.16. The highest BCUT2D eigenvalue weighted by Crippen LogP contribution is 2.37. The first kappa shape index (κ1) is 20.0. The number of ether oxygens (including phenoxy) is 1. The molecule has 28 heavy (non-hydrogen) atoms. The largest absolute Gasteiger partial charge is 0.507 e. The van der Waals surface area contributed by atoms with Crippen molar-refractivity contribution in [3.05, 3.63) is 59.4 Å². The maximum Gasteiger partial charge on any atom is 0.132 e. The molecule has 0 saturated heterocycles. The van der Waals surface area contributed by atoms with Crippen LogP contribution in [0.25, 0.3) is 22.4 Å². The molecule has 0 aliphatic heterocycles. The number of pyridine rings is 1. The van der Waals surface area contributed by atoms with E-state index in [4.69, 9.17) is 16.3 Å². The fourth-order valence-corrected chi connectivity index (χ4v) is 3.14. The van der Waals surface area contributed by atoms with Crippen LogP contribution in [0.1, 0.15) is 20.3 Å². The Balaban J connectivity index is 2.18. The first-order valence-electron chi connectivity index (χ1n) is 9.03. The maximum absolute atomic E-state index is 14.5. The van der Waals surface area contributed by atoms with Crippen LogP contribution in [0.15, 0.2) is 48.5 Å². The summed E-state index contributed by atoms with van der Waals surface area (Å²) in [5, 5.41) is 14.0. The lowest BCUT2D eigenvalue weighted by Crippen LogP contribution is -2.14. The zero-order valence-corrected chi connectivity index (χ0v) is 16.7. The van der Waals surface area contributed by atoms with E-state index in [1.165, 1.54) is 19.2 Å². The quantitative estimate of drug-likeness (QED) is 0.522. The zero-order valence-electron chi connectivity index (χ0n) is 16.0. The molecule has 4 nitrogen and oxygen atoms in total. The molecule has 0 spiro atoms. The molecular formula is C22H22ClFN2O2. The topological polar surface area (TPSA) is 54.4 Å². The number of halogens is 2. The van der Waals surface area contributed by atoms with E-state index in [2.05, 4.69) is 17.2 Å². The van der Waals surface area contributed by atoms with Crippen molar-refractivity contribution in [1.82, 2.24) is 4.98 Å². The van der Waals surface area contributed by atoms with Crippen LogP contribution in [-0.4, -0.2) is 23.2 Å².